The number of rotatable bonds is 56. The summed E-state index contributed by atoms with van der Waals surface area (Å²) in [5.74, 6) is 0.0577. The highest BCUT2D eigenvalue weighted by atomic mass is 16.2. The zero-order chi connectivity index (χ0) is 48.8. The van der Waals surface area contributed by atoms with Crippen LogP contribution in [0.5, 0.6) is 0 Å². The van der Waals surface area contributed by atoms with Gasteiger partial charge in [-0.3, -0.25) is 19.3 Å². The third-order valence-corrected chi connectivity index (χ3v) is 14.4. The fourth-order valence-corrected chi connectivity index (χ4v) is 9.78. The highest BCUT2D eigenvalue weighted by Crippen LogP contribution is 2.18. The molecule has 7 nitrogen and oxygen atoms in total. The largest absolute Gasteiger partial charge is 0.340 e. The van der Waals surface area contributed by atoms with Crippen LogP contribution in [0.15, 0.2) is 0 Å². The van der Waals surface area contributed by atoms with Crippen molar-refractivity contribution < 1.29 is 14.4 Å². The third kappa shape index (κ3) is 48.0. The Bertz CT molecular complexity index is 977. The predicted molar refractivity (Wildman–Crippen MR) is 294 cm³/mol. The highest BCUT2D eigenvalue weighted by molar-refractivity contribution is 5.95. The zero-order valence-corrected chi connectivity index (χ0v) is 45.9. The first-order valence-corrected chi connectivity index (χ1v) is 30.5. The van der Waals surface area contributed by atoms with Crippen molar-refractivity contribution in [2.45, 2.75) is 329 Å². The number of nitrogens with two attached hydrogens (primary N) is 1. The molecule has 0 saturated heterocycles. The lowest BCUT2D eigenvalue weighted by molar-refractivity contribution is -0.146. The summed E-state index contributed by atoms with van der Waals surface area (Å²) in [5, 5.41) is 3.35. The van der Waals surface area contributed by atoms with Gasteiger partial charge in [-0.1, -0.05) is 290 Å². The topological polar surface area (TPSA) is 95.7 Å². The maximum Gasteiger partial charge on any atom is 0.229 e. The number of nitrogens with zero attached hydrogens (tertiary/aromatic N) is 2. The van der Waals surface area contributed by atoms with Gasteiger partial charge in [0.1, 0.15) is 0 Å². The number of nitrogens with one attached hydrogen (secondary N) is 1. The normalized spacial score (nSPS) is 11.5. The van der Waals surface area contributed by atoms with Crippen molar-refractivity contribution in [3.63, 3.8) is 0 Å². The van der Waals surface area contributed by atoms with Crippen molar-refractivity contribution in [1.29, 1.82) is 0 Å². The summed E-state index contributed by atoms with van der Waals surface area (Å²) < 4.78 is 0. The van der Waals surface area contributed by atoms with Crippen LogP contribution in [0.2, 0.25) is 0 Å². The molecule has 0 aliphatic carbocycles. The van der Waals surface area contributed by atoms with Gasteiger partial charge in [-0.25, -0.2) is 0 Å². The molecule has 3 N–H and O–H groups in total. The van der Waals surface area contributed by atoms with E-state index in [0.717, 1.165) is 51.4 Å². The Morgan fingerprint density at radius 1 is 0.299 bits per heavy atom. The first-order chi connectivity index (χ1) is 33.0. The Hall–Kier alpha value is -1.47. The van der Waals surface area contributed by atoms with Gasteiger partial charge in [-0.05, 0) is 19.3 Å². The van der Waals surface area contributed by atoms with Crippen molar-refractivity contribution in [3.05, 3.63) is 0 Å². The monoisotopic (exact) mass is 945 g/mol. The van der Waals surface area contributed by atoms with E-state index in [9.17, 15) is 14.4 Å². The van der Waals surface area contributed by atoms with E-state index in [1.807, 2.05) is 4.90 Å². The summed E-state index contributed by atoms with van der Waals surface area (Å²) in [6, 6.07) is 0. The molecule has 0 aromatic heterocycles. The fourth-order valence-electron chi connectivity index (χ4n) is 9.78. The van der Waals surface area contributed by atoms with Gasteiger partial charge in [0.05, 0.1) is 0 Å². The van der Waals surface area contributed by atoms with Gasteiger partial charge in [-0.2, -0.15) is 0 Å². The molecule has 0 aromatic carbocycles. The molecule has 67 heavy (non-hydrogen) atoms. The molecule has 0 atom stereocenters. The molecule has 0 spiro atoms. The van der Waals surface area contributed by atoms with E-state index in [1.54, 1.807) is 0 Å². The van der Waals surface area contributed by atoms with Crippen LogP contribution in [0, 0.1) is 0 Å². The minimum absolute atomic E-state index is 0.0447. The summed E-state index contributed by atoms with van der Waals surface area (Å²) >= 11 is 0. The molecule has 0 saturated carbocycles. The van der Waals surface area contributed by atoms with Crippen LogP contribution in [-0.4, -0.2) is 66.8 Å². The number of unbranched alkanes of at least 4 members (excludes halogenated alkanes) is 42. The van der Waals surface area contributed by atoms with Gasteiger partial charge in [0.15, 0.2) is 0 Å². The highest BCUT2D eigenvalue weighted by Gasteiger charge is 2.23. The van der Waals surface area contributed by atoms with Gasteiger partial charge in [0.2, 0.25) is 17.7 Å². The minimum atomic E-state index is -0.0447. The molecule has 0 rings (SSSR count). The van der Waals surface area contributed by atoms with Crippen molar-refractivity contribution >= 4 is 17.7 Å². The summed E-state index contributed by atoms with van der Waals surface area (Å²) in [4.78, 5) is 44.6. The van der Waals surface area contributed by atoms with Gasteiger partial charge in [0.25, 0.3) is 0 Å². The van der Waals surface area contributed by atoms with Crippen LogP contribution in [-0.2, 0) is 14.4 Å². The molecular weight excluding hydrogens is 825 g/mol. The van der Waals surface area contributed by atoms with Crippen molar-refractivity contribution in [2.75, 3.05) is 39.3 Å². The first-order valence-electron chi connectivity index (χ1n) is 30.5. The van der Waals surface area contributed by atoms with Crippen molar-refractivity contribution in [3.8, 4) is 0 Å². The molecule has 0 heterocycles. The summed E-state index contributed by atoms with van der Waals surface area (Å²) in [5.41, 5.74) is 5.75. The summed E-state index contributed by atoms with van der Waals surface area (Å²) in [7, 11) is 0. The fraction of sp³-hybridized carbons (Fsp3) is 0.950. The second-order valence-electron chi connectivity index (χ2n) is 21.0. The average Bonchev–Trinajstić information content (AvgIpc) is 3.33. The molecule has 0 aliphatic rings. The lowest BCUT2D eigenvalue weighted by atomic mass is 10.0. The summed E-state index contributed by atoms with van der Waals surface area (Å²) in [6.45, 7) is 10.1. The van der Waals surface area contributed by atoms with E-state index in [2.05, 4.69) is 26.1 Å². The molecule has 398 valence electrons. The van der Waals surface area contributed by atoms with Gasteiger partial charge in [0, 0.05) is 58.5 Å². The first kappa shape index (κ1) is 65.5. The lowest BCUT2D eigenvalue weighted by Gasteiger charge is -2.27. The van der Waals surface area contributed by atoms with E-state index in [4.69, 9.17) is 5.73 Å². The van der Waals surface area contributed by atoms with E-state index in [-0.39, 0.29) is 17.7 Å². The molecule has 0 radical (unpaired) electrons. The second kappa shape index (κ2) is 55.5. The SMILES string of the molecule is CCCCCCCCCCCCCCCCCC(=O)N(CCNCCN)CCN(C(=O)CCCCCCCCCCCCCCCCC)C(=O)CCCCCCCCCCCCCCCCC. The number of carbonyl (C=O) groups excluding carboxylic acids is 3. The van der Waals surface area contributed by atoms with Crippen LogP contribution in [0.4, 0.5) is 0 Å². The zero-order valence-electron chi connectivity index (χ0n) is 45.9. The predicted octanol–water partition coefficient (Wildman–Crippen LogP) is 17.5. The Morgan fingerprint density at radius 2 is 0.537 bits per heavy atom. The number of carbonyl (C=O) groups is 3. The van der Waals surface area contributed by atoms with Crippen LogP contribution in [0.1, 0.15) is 329 Å². The number of imide groups is 1. The Morgan fingerprint density at radius 3 is 0.791 bits per heavy atom. The van der Waals surface area contributed by atoms with Gasteiger partial charge < -0.3 is 16.0 Å². The standard InChI is InChI=1S/C60H120N4O3/c1-4-7-10-13-16-19-22-25-28-31-34-37-40-43-46-49-58(65)63(55-54-62-53-52-61)56-57-64(59(66)50-47-44-41-38-35-32-29-26-23-20-17-14-11-8-5-2)60(67)51-48-45-42-39-36-33-30-27-24-21-18-15-12-9-6-3/h62H,4-57,61H2,1-3H3. The van der Waals surface area contributed by atoms with Crippen LogP contribution in [0.3, 0.4) is 0 Å². The van der Waals surface area contributed by atoms with Crippen LogP contribution < -0.4 is 11.1 Å². The lowest BCUT2D eigenvalue weighted by Crippen LogP contribution is -2.45. The Kier molecular flexibility index (Phi) is 54.2. The molecule has 7 heteroatoms. The maximum atomic E-state index is 13.8. The molecule has 0 fully saturated rings. The number of hydrogen-bond donors (Lipinski definition) is 2. The Labute approximate surface area is 419 Å². The minimum Gasteiger partial charge on any atom is -0.340 e. The third-order valence-electron chi connectivity index (χ3n) is 14.4. The number of amides is 3. The van der Waals surface area contributed by atoms with E-state index < -0.39 is 0 Å². The molecule has 0 aliphatic heterocycles. The number of hydrogen-bond acceptors (Lipinski definition) is 5. The molecule has 3 amide bonds. The van der Waals surface area contributed by atoms with Crippen LogP contribution >= 0.6 is 0 Å². The smallest absolute Gasteiger partial charge is 0.229 e. The van der Waals surface area contributed by atoms with E-state index in [0.29, 0.717) is 58.5 Å². The van der Waals surface area contributed by atoms with Crippen molar-refractivity contribution in [1.82, 2.24) is 15.1 Å². The van der Waals surface area contributed by atoms with Crippen LogP contribution in [0.25, 0.3) is 0 Å². The molecule has 0 aromatic rings. The Balaban J connectivity index is 4.85. The van der Waals surface area contributed by atoms with E-state index >= 15 is 0 Å². The maximum absolute atomic E-state index is 13.8. The molecule has 0 bridgehead atoms. The van der Waals surface area contributed by atoms with Crippen molar-refractivity contribution in [2.24, 2.45) is 5.73 Å². The van der Waals surface area contributed by atoms with Gasteiger partial charge in [-0.15, -0.1) is 0 Å². The molecular formula is C60H120N4O3. The summed E-state index contributed by atoms with van der Waals surface area (Å²) in [6.07, 6.45) is 59.7. The molecule has 0 unspecified atom stereocenters. The van der Waals surface area contributed by atoms with Gasteiger partial charge >= 0.3 is 0 Å². The van der Waals surface area contributed by atoms with E-state index in [1.165, 1.54) is 242 Å². The second-order valence-corrected chi connectivity index (χ2v) is 21.0. The average molecular weight is 946 g/mol. The quantitative estimate of drug-likeness (QED) is 0.0592.